The fourth-order valence-corrected chi connectivity index (χ4v) is 6.17. The van der Waals surface area contributed by atoms with Crippen LogP contribution in [0.5, 0.6) is 5.75 Å². The number of aliphatic hydroxyl groups is 4. The summed E-state index contributed by atoms with van der Waals surface area (Å²) in [6.07, 6.45) is -7.61. The third kappa shape index (κ3) is 5.87. The van der Waals surface area contributed by atoms with Crippen LogP contribution in [0.1, 0.15) is 42.6 Å². The molecule has 10 nitrogen and oxygen atoms in total. The maximum absolute atomic E-state index is 13.4. The zero-order chi connectivity index (χ0) is 31.1. The minimum Gasteiger partial charge on any atom is -0.479 e. The Kier molecular flexibility index (Phi) is 8.80. The molecule has 0 spiro atoms. The fourth-order valence-electron chi connectivity index (χ4n) is 5.81. The van der Waals surface area contributed by atoms with E-state index in [1.807, 2.05) is 24.3 Å². The van der Waals surface area contributed by atoms with Crippen molar-refractivity contribution in [2.45, 2.75) is 61.6 Å². The van der Waals surface area contributed by atoms with Gasteiger partial charge in [0, 0.05) is 10.5 Å². The molecule has 0 bridgehead atoms. The number of carboxylic acids is 1. The average Bonchev–Trinajstić information content (AvgIpc) is 2.98. The van der Waals surface area contributed by atoms with Crippen molar-refractivity contribution in [2.24, 2.45) is 5.92 Å². The molecule has 12 heteroatoms. The van der Waals surface area contributed by atoms with Gasteiger partial charge >= 0.3 is 5.97 Å². The van der Waals surface area contributed by atoms with E-state index in [4.69, 9.17) is 9.47 Å². The Morgan fingerprint density at radius 3 is 2.14 bits per heavy atom. The maximum atomic E-state index is 13.4. The summed E-state index contributed by atoms with van der Waals surface area (Å²) in [7, 11) is 0. The van der Waals surface area contributed by atoms with Crippen molar-refractivity contribution in [3.05, 3.63) is 98.9 Å². The van der Waals surface area contributed by atoms with Gasteiger partial charge in [-0.15, -0.1) is 0 Å². The number of rotatable bonds is 9. The molecule has 0 radical (unpaired) electrons. The van der Waals surface area contributed by atoms with E-state index in [1.165, 1.54) is 31.2 Å². The molecule has 2 aliphatic heterocycles. The molecule has 6 N–H and O–H groups in total. The number of nitrogens with one attached hydrogen (secondary N) is 1. The molecule has 0 unspecified atom stereocenters. The molecule has 0 saturated carbocycles. The van der Waals surface area contributed by atoms with E-state index in [1.54, 1.807) is 24.3 Å². The van der Waals surface area contributed by atoms with Crippen molar-refractivity contribution in [3.63, 3.8) is 0 Å². The summed E-state index contributed by atoms with van der Waals surface area (Å²) >= 11 is 2.19. The van der Waals surface area contributed by atoms with Crippen LogP contribution < -0.4 is 10.1 Å². The molecule has 3 aromatic rings. The van der Waals surface area contributed by atoms with Crippen LogP contribution in [0.25, 0.3) is 0 Å². The lowest BCUT2D eigenvalue weighted by Crippen LogP contribution is -2.67. The van der Waals surface area contributed by atoms with E-state index < -0.39 is 59.6 Å². The third-order valence-corrected chi connectivity index (χ3v) is 8.92. The summed E-state index contributed by atoms with van der Waals surface area (Å²) in [5.74, 6) is -4.51. The smallest absolute Gasteiger partial charge is 0.335 e. The lowest BCUT2D eigenvalue weighted by atomic mass is 9.65. The number of aliphatic hydroxyl groups excluding tert-OH is 4. The zero-order valence-electron chi connectivity index (χ0n) is 22.9. The van der Waals surface area contributed by atoms with Gasteiger partial charge < -0.3 is 40.3 Å². The molecule has 228 valence electrons. The number of benzene rings is 3. The van der Waals surface area contributed by atoms with Crippen LogP contribution in [-0.2, 0) is 19.9 Å². The number of amides is 1. The van der Waals surface area contributed by atoms with Gasteiger partial charge in [-0.05, 0) is 88.5 Å². The molecule has 2 saturated heterocycles. The Balaban J connectivity index is 1.42. The van der Waals surface area contributed by atoms with Crippen LogP contribution in [0.2, 0.25) is 0 Å². The Hall–Kier alpha value is -3.14. The highest BCUT2D eigenvalue weighted by molar-refractivity contribution is 14.1. The van der Waals surface area contributed by atoms with Crippen molar-refractivity contribution in [2.75, 3.05) is 0 Å². The van der Waals surface area contributed by atoms with E-state index in [2.05, 4.69) is 27.9 Å². The summed E-state index contributed by atoms with van der Waals surface area (Å²) < 4.78 is 25.6. The number of hydrogen-bond donors (Lipinski definition) is 6. The van der Waals surface area contributed by atoms with Crippen LogP contribution in [0, 0.1) is 15.3 Å². The maximum Gasteiger partial charge on any atom is 0.335 e. The average molecular weight is 707 g/mol. The predicted molar refractivity (Wildman–Crippen MR) is 158 cm³/mol. The van der Waals surface area contributed by atoms with Crippen molar-refractivity contribution >= 4 is 34.5 Å². The second kappa shape index (κ2) is 12.1. The van der Waals surface area contributed by atoms with Crippen molar-refractivity contribution in [1.29, 1.82) is 0 Å². The van der Waals surface area contributed by atoms with Gasteiger partial charge in [0.1, 0.15) is 35.4 Å². The predicted octanol–water partition coefficient (Wildman–Crippen LogP) is 2.59. The van der Waals surface area contributed by atoms with E-state index in [-0.39, 0.29) is 18.1 Å². The quantitative estimate of drug-likeness (QED) is 0.145. The van der Waals surface area contributed by atoms with Gasteiger partial charge in [0.2, 0.25) is 11.7 Å². The Morgan fingerprint density at radius 2 is 1.58 bits per heavy atom. The largest absolute Gasteiger partial charge is 0.479 e. The monoisotopic (exact) mass is 707 g/mol. The molecule has 5 rings (SSSR count). The highest BCUT2D eigenvalue weighted by atomic mass is 127. The number of carboxylic acid groups (broad SMARTS) is 1. The molecule has 3 aromatic carbocycles. The van der Waals surface area contributed by atoms with Crippen LogP contribution in [0.15, 0.2) is 72.8 Å². The van der Waals surface area contributed by atoms with Gasteiger partial charge in [-0.2, -0.15) is 0 Å². The number of carbonyl (C=O) groups is 2. The molecular formula is C31H31FINO9. The summed E-state index contributed by atoms with van der Waals surface area (Å²) in [6.45, 7) is 1.26. The first-order chi connectivity index (χ1) is 20.4. The lowest BCUT2D eigenvalue weighted by Gasteiger charge is -2.50. The minimum absolute atomic E-state index is 0.171. The van der Waals surface area contributed by atoms with Crippen molar-refractivity contribution < 1.29 is 49.0 Å². The molecule has 1 amide bonds. The first-order valence-electron chi connectivity index (χ1n) is 13.6. The number of ether oxygens (including phenoxy) is 2. The molecule has 0 aliphatic carbocycles. The number of carbonyl (C=O) groups excluding carboxylic acids is 1. The molecule has 43 heavy (non-hydrogen) atoms. The lowest BCUT2D eigenvalue weighted by molar-refractivity contribution is -0.322. The highest BCUT2D eigenvalue weighted by Gasteiger charge is 2.56. The molecule has 8 atom stereocenters. The summed E-state index contributed by atoms with van der Waals surface area (Å²) in [4.78, 5) is 24.6. The van der Waals surface area contributed by atoms with Crippen molar-refractivity contribution in [3.8, 4) is 5.75 Å². The van der Waals surface area contributed by atoms with Gasteiger partial charge in [0.25, 0.3) is 0 Å². The van der Waals surface area contributed by atoms with Gasteiger partial charge in [0.05, 0.1) is 12.0 Å². The van der Waals surface area contributed by atoms with Gasteiger partial charge in [-0.25, -0.2) is 9.18 Å². The molecule has 2 fully saturated rings. The molecule has 2 aliphatic rings. The summed E-state index contributed by atoms with van der Waals surface area (Å²) in [5, 5.41) is 54.1. The van der Waals surface area contributed by atoms with E-state index >= 15 is 0 Å². The van der Waals surface area contributed by atoms with Crippen molar-refractivity contribution in [1.82, 2.24) is 5.32 Å². The van der Waals surface area contributed by atoms with Gasteiger partial charge in [-0.1, -0.05) is 36.4 Å². The molecular weight excluding hydrogens is 676 g/mol. The van der Waals surface area contributed by atoms with E-state index in [0.717, 1.165) is 9.13 Å². The third-order valence-electron chi connectivity index (χ3n) is 8.20. The van der Waals surface area contributed by atoms with Crippen LogP contribution in [-0.4, -0.2) is 67.6 Å². The van der Waals surface area contributed by atoms with Gasteiger partial charge in [0.15, 0.2) is 6.10 Å². The van der Waals surface area contributed by atoms with E-state index in [9.17, 15) is 39.5 Å². The van der Waals surface area contributed by atoms with Gasteiger partial charge in [-0.3, -0.25) is 4.79 Å². The fraction of sp³-hybridized carbons (Fsp3) is 0.355. The SMILES string of the molecule is C[C@@]1(Oc2ccc([C@@]3(c4ccc(I)cc4)NC(=O)[C@@H]3CC[C@H](O)c3ccc(F)cc3)cc2)O[C@H](C(=O)O)[C@@H](O)[C@H](O)[C@H]1O. The Bertz CT molecular complexity index is 1470. The Morgan fingerprint density at radius 1 is 1.00 bits per heavy atom. The van der Waals surface area contributed by atoms with E-state index in [0.29, 0.717) is 17.5 Å². The second-order valence-corrected chi connectivity index (χ2v) is 12.2. The second-order valence-electron chi connectivity index (χ2n) is 10.9. The van der Waals surface area contributed by atoms with Crippen LogP contribution in [0.3, 0.4) is 0 Å². The van der Waals surface area contributed by atoms with Crippen LogP contribution >= 0.6 is 22.6 Å². The Labute approximate surface area is 260 Å². The minimum atomic E-state index is -2.00. The number of hydrogen-bond acceptors (Lipinski definition) is 8. The first-order valence-corrected chi connectivity index (χ1v) is 14.7. The summed E-state index contributed by atoms with van der Waals surface area (Å²) in [6, 6.07) is 19.8. The first kappa shape index (κ1) is 31.3. The molecule has 0 aromatic heterocycles. The molecule has 2 heterocycles. The normalized spacial score (nSPS) is 31.0. The number of β-lactam (4-membered cyclic amide) rings is 1. The number of halogens is 2. The summed E-state index contributed by atoms with van der Waals surface area (Å²) in [5.41, 5.74) is 1.13. The number of aliphatic carboxylic acids is 1. The standard InChI is InChI=1S/C31H31FINO9/c1-30(27(38)25(37)24(36)26(43-30)29(40)41)42-21-12-6-18(7-13-21)31(17-4-10-20(33)11-5-17)22(28(39)34-31)14-15-23(35)16-2-8-19(32)9-3-16/h2-13,22-27,35-38H,14-15H2,1H3,(H,34,39)(H,40,41)/t22-,23-,24-,25-,26-,27+,30+,31+/m0/s1. The topological polar surface area (TPSA) is 166 Å². The zero-order valence-corrected chi connectivity index (χ0v) is 25.1. The highest BCUT2D eigenvalue weighted by Crippen LogP contribution is 2.47. The van der Waals surface area contributed by atoms with Crippen LogP contribution in [0.4, 0.5) is 4.39 Å².